The molecule has 0 saturated carbocycles. The van der Waals surface area contributed by atoms with E-state index in [1.165, 1.54) is 23.5 Å². The summed E-state index contributed by atoms with van der Waals surface area (Å²) in [6.07, 6.45) is 3.09. The molecule has 5 aromatic carbocycles. The maximum Gasteiger partial charge on any atom is 0.250 e. The summed E-state index contributed by atoms with van der Waals surface area (Å²) in [5.41, 5.74) is 8.35. The van der Waals surface area contributed by atoms with Crippen LogP contribution < -0.4 is 20.3 Å². The summed E-state index contributed by atoms with van der Waals surface area (Å²) < 4.78 is 15.6. The predicted octanol–water partition coefficient (Wildman–Crippen LogP) is 6.49. The second-order valence-corrected chi connectivity index (χ2v) is 14.1. The molecular formula is C42H36N10O4S2. The third-order valence-corrected chi connectivity index (χ3v) is 9.92. The fraction of sp³-hybridized carbons (Fsp3) is 0.0952. The lowest BCUT2D eigenvalue weighted by Gasteiger charge is -2.11. The van der Waals surface area contributed by atoms with Gasteiger partial charge in [-0.2, -0.15) is 10.2 Å². The van der Waals surface area contributed by atoms with Gasteiger partial charge in [0.1, 0.15) is 24.7 Å². The van der Waals surface area contributed by atoms with E-state index in [9.17, 15) is 9.59 Å². The third-order valence-electron chi connectivity index (χ3n) is 8.06. The highest BCUT2D eigenvalue weighted by Gasteiger charge is 2.18. The van der Waals surface area contributed by atoms with Gasteiger partial charge < -0.3 is 9.47 Å². The fourth-order valence-corrected chi connectivity index (χ4v) is 6.85. The molecule has 0 spiro atoms. The molecule has 2 N–H and O–H groups in total. The summed E-state index contributed by atoms with van der Waals surface area (Å²) in [5.74, 6) is 2.18. The monoisotopic (exact) mass is 808 g/mol. The van der Waals surface area contributed by atoms with Gasteiger partial charge >= 0.3 is 0 Å². The summed E-state index contributed by atoms with van der Waals surface area (Å²) in [6, 6.07) is 45.6. The Balaban J connectivity index is 0.867. The lowest BCUT2D eigenvalue weighted by Crippen LogP contribution is -2.20. The van der Waals surface area contributed by atoms with Crippen molar-refractivity contribution in [1.82, 2.24) is 40.4 Å². The third kappa shape index (κ3) is 11.0. The van der Waals surface area contributed by atoms with Crippen LogP contribution in [-0.2, 0) is 22.8 Å². The van der Waals surface area contributed by atoms with Crippen molar-refractivity contribution in [2.75, 3.05) is 11.5 Å². The van der Waals surface area contributed by atoms with E-state index in [0.29, 0.717) is 22.0 Å². The normalized spacial score (nSPS) is 11.2. The van der Waals surface area contributed by atoms with Crippen LogP contribution in [0.25, 0.3) is 11.4 Å². The first-order valence-corrected chi connectivity index (χ1v) is 19.9. The number of benzene rings is 5. The van der Waals surface area contributed by atoms with Crippen LogP contribution >= 0.6 is 23.5 Å². The molecule has 0 atom stereocenters. The smallest absolute Gasteiger partial charge is 0.250 e. The number of nitrogens with zero attached hydrogens (tertiary/aromatic N) is 8. The molecule has 7 rings (SSSR count). The quantitative estimate of drug-likeness (QED) is 0.0557. The molecule has 0 saturated heterocycles. The second kappa shape index (κ2) is 20.2. The summed E-state index contributed by atoms with van der Waals surface area (Å²) >= 11 is 2.49. The zero-order chi connectivity index (χ0) is 39.8. The van der Waals surface area contributed by atoms with Gasteiger partial charge in [-0.15, -0.1) is 20.4 Å². The predicted molar refractivity (Wildman–Crippen MR) is 224 cm³/mol. The Labute approximate surface area is 342 Å². The average molecular weight is 809 g/mol. The highest BCUT2D eigenvalue weighted by molar-refractivity contribution is 8.00. The molecule has 14 nitrogen and oxygen atoms in total. The van der Waals surface area contributed by atoms with Gasteiger partial charge in [-0.3, -0.25) is 18.7 Å². The number of nitrogens with one attached hydrogen (secondary N) is 2. The molecule has 0 aliphatic carbocycles. The maximum atomic E-state index is 12.7. The summed E-state index contributed by atoms with van der Waals surface area (Å²) in [6.45, 7) is 0.410. The minimum absolute atomic E-state index is 0.0689. The average Bonchev–Trinajstić information content (AvgIpc) is 3.89. The van der Waals surface area contributed by atoms with Crippen LogP contribution in [0.2, 0.25) is 0 Å². The van der Waals surface area contributed by atoms with Crippen molar-refractivity contribution in [2.45, 2.75) is 23.5 Å². The van der Waals surface area contributed by atoms with Crippen LogP contribution in [0.1, 0.15) is 22.8 Å². The molecule has 0 bridgehead atoms. The highest BCUT2D eigenvalue weighted by Crippen LogP contribution is 2.24. The van der Waals surface area contributed by atoms with Crippen molar-refractivity contribution in [2.24, 2.45) is 10.2 Å². The number of aromatic nitrogens is 6. The van der Waals surface area contributed by atoms with E-state index < -0.39 is 0 Å². The van der Waals surface area contributed by atoms with Crippen LogP contribution in [0.5, 0.6) is 11.5 Å². The number of amides is 2. The first-order valence-electron chi connectivity index (χ1n) is 17.9. The number of thioether (sulfide) groups is 2. The number of hydrazone groups is 2. The summed E-state index contributed by atoms with van der Waals surface area (Å²) in [5, 5.41) is 26.6. The lowest BCUT2D eigenvalue weighted by atomic mass is 10.2. The Hall–Kier alpha value is -7.04. The van der Waals surface area contributed by atoms with E-state index in [2.05, 4.69) is 41.4 Å². The highest BCUT2D eigenvalue weighted by atomic mass is 32.2. The molecule has 0 aliphatic heterocycles. The molecule has 58 heavy (non-hydrogen) atoms. The van der Waals surface area contributed by atoms with Crippen molar-refractivity contribution in [1.29, 1.82) is 0 Å². The van der Waals surface area contributed by atoms with E-state index in [-0.39, 0.29) is 36.5 Å². The first kappa shape index (κ1) is 39.2. The van der Waals surface area contributed by atoms with Crippen molar-refractivity contribution in [3.05, 3.63) is 168 Å². The molecule has 16 heteroatoms. The molecule has 2 amide bonds. The number of hydrogen-bond donors (Lipinski definition) is 2. The molecule has 0 radical (unpaired) electrons. The van der Waals surface area contributed by atoms with E-state index >= 15 is 0 Å². The molecule has 0 fully saturated rings. The molecule has 7 aromatic rings. The van der Waals surface area contributed by atoms with E-state index in [0.717, 1.165) is 34.0 Å². The van der Waals surface area contributed by atoms with E-state index in [1.54, 1.807) is 12.4 Å². The molecule has 0 aliphatic rings. The van der Waals surface area contributed by atoms with Crippen LogP contribution in [0.4, 0.5) is 0 Å². The van der Waals surface area contributed by atoms with Crippen LogP contribution in [0.3, 0.4) is 0 Å². The SMILES string of the molecule is O=C(CSc1nnc(COc2ccccc2)n1-c1ccccc1)N/N=C/c1ccc(/C=N/NC(=O)CSc2nnc(COc3ccccc3)n2-c2ccccc2)cc1. The van der Waals surface area contributed by atoms with E-state index in [4.69, 9.17) is 9.47 Å². The summed E-state index contributed by atoms with van der Waals surface area (Å²) in [4.78, 5) is 25.4. The molecule has 290 valence electrons. The van der Waals surface area contributed by atoms with E-state index in [1.807, 2.05) is 155 Å². The van der Waals surface area contributed by atoms with Crippen molar-refractivity contribution >= 4 is 47.8 Å². The Kier molecular flexibility index (Phi) is 13.7. The number of hydrogen-bond acceptors (Lipinski definition) is 12. The maximum absolute atomic E-state index is 12.7. The van der Waals surface area contributed by atoms with Gasteiger partial charge in [0, 0.05) is 11.4 Å². The van der Waals surface area contributed by atoms with Gasteiger partial charge in [0.25, 0.3) is 11.8 Å². The van der Waals surface area contributed by atoms with Gasteiger partial charge in [-0.25, -0.2) is 10.9 Å². The van der Waals surface area contributed by atoms with Crippen LogP contribution in [0.15, 0.2) is 166 Å². The zero-order valence-electron chi connectivity index (χ0n) is 30.9. The standard InChI is InChI=1S/C42H36N10O4S2/c53-39(29-57-41-49-45-37(27-55-35-17-9-3-10-18-35)51(41)33-13-5-1-6-14-33)47-43-25-31-21-23-32(24-22-31)26-44-48-40(54)30-58-42-50-46-38(28-56-36-19-11-4-12-20-36)52(42)34-15-7-2-8-16-34/h1-26H,27-30H2,(H,47,53)(H,48,54)/b43-25+,44-26+. The van der Waals surface area contributed by atoms with Crippen molar-refractivity contribution in [3.63, 3.8) is 0 Å². The number of rotatable bonds is 18. The van der Waals surface area contributed by atoms with Gasteiger partial charge in [-0.1, -0.05) is 121 Å². The first-order chi connectivity index (χ1) is 28.6. The Morgan fingerprint density at radius 3 is 1.26 bits per heavy atom. The van der Waals surface area contributed by atoms with Gasteiger partial charge in [0.05, 0.1) is 23.9 Å². The Morgan fingerprint density at radius 1 is 0.517 bits per heavy atom. The van der Waals surface area contributed by atoms with Crippen molar-refractivity contribution in [3.8, 4) is 22.9 Å². The number of para-hydroxylation sites is 4. The number of carbonyl (C=O) groups is 2. The molecular weight excluding hydrogens is 773 g/mol. The summed E-state index contributed by atoms with van der Waals surface area (Å²) in [7, 11) is 0. The molecule has 0 unspecified atom stereocenters. The minimum atomic E-state index is -0.304. The number of carbonyl (C=O) groups excluding carboxylic acids is 2. The fourth-order valence-electron chi connectivity index (χ4n) is 5.33. The largest absolute Gasteiger partial charge is 0.486 e. The van der Waals surface area contributed by atoms with Crippen molar-refractivity contribution < 1.29 is 19.1 Å². The Bertz CT molecular complexity index is 2270. The zero-order valence-corrected chi connectivity index (χ0v) is 32.5. The van der Waals surface area contributed by atoms with Gasteiger partial charge in [0.15, 0.2) is 22.0 Å². The second-order valence-electron chi connectivity index (χ2n) is 12.2. The Morgan fingerprint density at radius 2 is 0.879 bits per heavy atom. The number of ether oxygens (including phenoxy) is 2. The molecule has 2 heterocycles. The molecule has 2 aromatic heterocycles. The van der Waals surface area contributed by atoms with Gasteiger partial charge in [-0.05, 0) is 59.7 Å². The van der Waals surface area contributed by atoms with Crippen LogP contribution in [-0.4, -0.2) is 65.3 Å². The topological polar surface area (TPSA) is 163 Å². The minimum Gasteiger partial charge on any atom is -0.486 e. The lowest BCUT2D eigenvalue weighted by molar-refractivity contribution is -0.119. The van der Waals surface area contributed by atoms with Crippen LogP contribution in [0, 0.1) is 0 Å². The van der Waals surface area contributed by atoms with Gasteiger partial charge in [0.2, 0.25) is 0 Å².